The number of carbonyl (C=O) groups excluding carboxylic acids is 2. The maximum atomic E-state index is 12.8. The Morgan fingerprint density at radius 2 is 1.21 bits per heavy atom. The maximum Gasteiger partial charge on any atom is 0.345 e. The third-order valence-electron chi connectivity index (χ3n) is 4.96. The van der Waals surface area contributed by atoms with Crippen LogP contribution in [0.25, 0.3) is 0 Å². The van der Waals surface area contributed by atoms with Crippen LogP contribution < -0.4 is 19.6 Å². The second kappa shape index (κ2) is 13.4. The normalized spacial score (nSPS) is 10.9. The molecular weight excluding hydrogens is 586 g/mol. The number of amides is 1. The lowest BCUT2D eigenvalue weighted by molar-refractivity contribution is -0.140. The van der Waals surface area contributed by atoms with Crippen LogP contribution in [0.2, 0.25) is 20.1 Å². The Balaban J connectivity index is 1.38. The van der Waals surface area contributed by atoms with Crippen molar-refractivity contribution in [1.29, 1.82) is 0 Å². The number of halogens is 4. The van der Waals surface area contributed by atoms with E-state index in [-0.39, 0.29) is 10.6 Å². The molecular formula is C28H18Cl4N2O5. The Hall–Kier alpha value is -3.75. The van der Waals surface area contributed by atoms with E-state index in [1.165, 1.54) is 18.3 Å². The van der Waals surface area contributed by atoms with Crippen LogP contribution in [0.1, 0.15) is 15.9 Å². The first-order valence-electron chi connectivity index (χ1n) is 11.2. The molecule has 4 rings (SSSR count). The molecule has 0 unspecified atom stereocenters. The van der Waals surface area contributed by atoms with Crippen LogP contribution in [-0.4, -0.2) is 24.4 Å². The fraction of sp³-hybridized carbons (Fsp3) is 0.0357. The first-order chi connectivity index (χ1) is 18.8. The van der Waals surface area contributed by atoms with Crippen molar-refractivity contribution in [1.82, 2.24) is 5.43 Å². The smallest absolute Gasteiger partial charge is 0.345 e. The standard InChI is InChI=1S/C28H18Cl4N2O5/c29-18-3-10-22(11-4-18)38-28(39-23-12-5-19(30)6-13-23)26(35)34-33-16-17-1-8-21(9-2-17)37-27(36)24-14-7-20(31)15-25(24)32/h1-16,28H,(H,34,35)/b33-16-. The van der Waals surface area contributed by atoms with Crippen LogP contribution in [0.5, 0.6) is 17.2 Å². The number of hydrazone groups is 1. The van der Waals surface area contributed by atoms with Crippen LogP contribution in [0, 0.1) is 0 Å². The topological polar surface area (TPSA) is 86.2 Å². The molecule has 0 heterocycles. The molecule has 0 saturated heterocycles. The highest BCUT2D eigenvalue weighted by atomic mass is 35.5. The fourth-order valence-electron chi connectivity index (χ4n) is 3.07. The Morgan fingerprint density at radius 1 is 0.692 bits per heavy atom. The van der Waals surface area contributed by atoms with Gasteiger partial charge in [0, 0.05) is 15.1 Å². The number of ether oxygens (including phenoxy) is 3. The summed E-state index contributed by atoms with van der Waals surface area (Å²) in [5.41, 5.74) is 3.20. The number of nitrogens with zero attached hydrogens (tertiary/aromatic N) is 1. The molecule has 198 valence electrons. The number of hydrogen-bond donors (Lipinski definition) is 1. The SMILES string of the molecule is O=C(Oc1ccc(/C=N\NC(=O)C(Oc2ccc(Cl)cc2)Oc2ccc(Cl)cc2)cc1)c1ccc(Cl)cc1Cl. The van der Waals surface area contributed by atoms with Gasteiger partial charge in [0.1, 0.15) is 17.2 Å². The number of nitrogens with one attached hydrogen (secondary N) is 1. The van der Waals surface area contributed by atoms with Gasteiger partial charge in [0.15, 0.2) is 0 Å². The molecule has 0 spiro atoms. The molecule has 0 aromatic heterocycles. The van der Waals surface area contributed by atoms with Crippen molar-refractivity contribution >= 4 is 64.5 Å². The third-order valence-corrected chi connectivity index (χ3v) is 6.01. The van der Waals surface area contributed by atoms with Crippen LogP contribution in [0.3, 0.4) is 0 Å². The van der Waals surface area contributed by atoms with Gasteiger partial charge in [-0.05, 0) is 96.6 Å². The molecule has 4 aromatic carbocycles. The molecule has 11 heteroatoms. The van der Waals surface area contributed by atoms with Gasteiger partial charge < -0.3 is 14.2 Å². The van der Waals surface area contributed by atoms with E-state index in [1.54, 1.807) is 78.9 Å². The molecule has 1 N–H and O–H groups in total. The molecule has 0 fully saturated rings. The quantitative estimate of drug-likeness (QED) is 0.0706. The Labute approximate surface area is 243 Å². The summed E-state index contributed by atoms with van der Waals surface area (Å²) < 4.78 is 16.8. The summed E-state index contributed by atoms with van der Waals surface area (Å²) in [5, 5.41) is 5.59. The summed E-state index contributed by atoms with van der Waals surface area (Å²) in [4.78, 5) is 25.2. The van der Waals surface area contributed by atoms with E-state index in [4.69, 9.17) is 60.6 Å². The van der Waals surface area contributed by atoms with Crippen molar-refractivity contribution in [3.63, 3.8) is 0 Å². The van der Waals surface area contributed by atoms with Gasteiger partial charge in [-0.15, -0.1) is 0 Å². The number of carbonyl (C=O) groups is 2. The lowest BCUT2D eigenvalue weighted by Crippen LogP contribution is -2.40. The van der Waals surface area contributed by atoms with Gasteiger partial charge in [-0.2, -0.15) is 5.10 Å². The van der Waals surface area contributed by atoms with Gasteiger partial charge in [-0.1, -0.05) is 46.4 Å². The minimum absolute atomic E-state index is 0.186. The molecule has 0 atom stereocenters. The van der Waals surface area contributed by atoms with Crippen molar-refractivity contribution in [2.75, 3.05) is 0 Å². The highest BCUT2D eigenvalue weighted by Gasteiger charge is 2.23. The van der Waals surface area contributed by atoms with Crippen molar-refractivity contribution < 1.29 is 23.8 Å². The average Bonchev–Trinajstić information content (AvgIpc) is 2.91. The van der Waals surface area contributed by atoms with Crippen LogP contribution >= 0.6 is 46.4 Å². The van der Waals surface area contributed by atoms with Crippen molar-refractivity contribution in [3.05, 3.63) is 122 Å². The van der Waals surface area contributed by atoms with E-state index in [0.29, 0.717) is 37.9 Å². The summed E-state index contributed by atoms with van der Waals surface area (Å²) >= 11 is 23.8. The molecule has 0 aliphatic heterocycles. The van der Waals surface area contributed by atoms with Crippen LogP contribution in [0.4, 0.5) is 0 Å². The lowest BCUT2D eigenvalue weighted by atomic mass is 10.2. The molecule has 39 heavy (non-hydrogen) atoms. The highest BCUT2D eigenvalue weighted by Crippen LogP contribution is 2.23. The van der Waals surface area contributed by atoms with E-state index >= 15 is 0 Å². The zero-order valence-corrected chi connectivity index (χ0v) is 22.8. The van der Waals surface area contributed by atoms with Crippen molar-refractivity contribution in [2.24, 2.45) is 5.10 Å². The summed E-state index contributed by atoms with van der Waals surface area (Å²) in [6.07, 6.45) is 0.0345. The van der Waals surface area contributed by atoms with Crippen molar-refractivity contribution in [2.45, 2.75) is 6.29 Å². The predicted octanol–water partition coefficient (Wildman–Crippen LogP) is 7.45. The number of esters is 1. The fourth-order valence-corrected chi connectivity index (χ4v) is 3.80. The van der Waals surface area contributed by atoms with E-state index in [2.05, 4.69) is 10.5 Å². The van der Waals surface area contributed by atoms with Crippen molar-refractivity contribution in [3.8, 4) is 17.2 Å². The minimum atomic E-state index is -1.37. The third kappa shape index (κ3) is 8.37. The molecule has 0 bridgehead atoms. The maximum absolute atomic E-state index is 12.8. The monoisotopic (exact) mass is 602 g/mol. The van der Waals surface area contributed by atoms with Gasteiger partial charge in [-0.3, -0.25) is 4.79 Å². The largest absolute Gasteiger partial charge is 0.446 e. The summed E-state index contributed by atoms with van der Waals surface area (Å²) in [6, 6.07) is 23.8. The zero-order chi connectivity index (χ0) is 27.8. The summed E-state index contributed by atoms with van der Waals surface area (Å²) in [6.45, 7) is 0. The second-order valence-electron chi connectivity index (χ2n) is 7.79. The number of benzene rings is 4. The van der Waals surface area contributed by atoms with Gasteiger partial charge in [0.25, 0.3) is 0 Å². The predicted molar refractivity (Wildman–Crippen MR) is 152 cm³/mol. The lowest BCUT2D eigenvalue weighted by Gasteiger charge is -2.19. The average molecular weight is 604 g/mol. The zero-order valence-electron chi connectivity index (χ0n) is 19.8. The minimum Gasteiger partial charge on any atom is -0.446 e. The highest BCUT2D eigenvalue weighted by molar-refractivity contribution is 6.36. The number of rotatable bonds is 9. The number of hydrogen-bond acceptors (Lipinski definition) is 6. The molecule has 0 radical (unpaired) electrons. The van der Waals surface area contributed by atoms with E-state index < -0.39 is 18.2 Å². The first kappa shape index (κ1) is 28.3. The summed E-state index contributed by atoms with van der Waals surface area (Å²) in [5.74, 6) is -0.274. The molecule has 1 amide bonds. The van der Waals surface area contributed by atoms with Gasteiger partial charge in [-0.25, -0.2) is 10.2 Å². The van der Waals surface area contributed by atoms with Crippen LogP contribution in [0.15, 0.2) is 96.1 Å². The van der Waals surface area contributed by atoms with E-state index in [1.807, 2.05) is 0 Å². The second-order valence-corrected chi connectivity index (χ2v) is 9.51. The molecule has 0 aliphatic carbocycles. The summed E-state index contributed by atoms with van der Waals surface area (Å²) in [7, 11) is 0. The van der Waals surface area contributed by atoms with Gasteiger partial charge in [0.2, 0.25) is 0 Å². The van der Waals surface area contributed by atoms with Gasteiger partial charge >= 0.3 is 18.2 Å². The van der Waals surface area contributed by atoms with E-state index in [0.717, 1.165) is 0 Å². The molecule has 0 saturated carbocycles. The van der Waals surface area contributed by atoms with E-state index in [9.17, 15) is 9.59 Å². The molecule has 7 nitrogen and oxygen atoms in total. The van der Waals surface area contributed by atoms with Crippen LogP contribution in [-0.2, 0) is 4.79 Å². The Morgan fingerprint density at radius 3 is 1.74 bits per heavy atom. The van der Waals surface area contributed by atoms with Gasteiger partial charge in [0.05, 0.1) is 16.8 Å². The Bertz CT molecular complexity index is 1430. The molecule has 0 aliphatic rings. The molecule has 4 aromatic rings. The first-order valence-corrected chi connectivity index (χ1v) is 12.7. The Kier molecular flexibility index (Phi) is 9.68.